The highest BCUT2D eigenvalue weighted by atomic mass is 35.5. The van der Waals surface area contributed by atoms with Crippen LogP contribution in [0.15, 0.2) is 30.5 Å². The molecule has 1 saturated carbocycles. The second kappa shape index (κ2) is 6.83. The average Bonchev–Trinajstić information content (AvgIpc) is 2.52. The van der Waals surface area contributed by atoms with Gasteiger partial charge < -0.3 is 5.32 Å². The quantitative estimate of drug-likeness (QED) is 0.771. The summed E-state index contributed by atoms with van der Waals surface area (Å²) in [7, 11) is 0. The SMILES string of the molecule is O=C(N[C@@H]1CCC1c1ncc(C(F)(F)F)cc1Cl)c1c(F)cccc1F. The van der Waals surface area contributed by atoms with E-state index in [0.717, 1.165) is 24.3 Å². The van der Waals surface area contributed by atoms with Crippen molar-refractivity contribution in [2.45, 2.75) is 31.0 Å². The van der Waals surface area contributed by atoms with Crippen LogP contribution in [0.5, 0.6) is 0 Å². The van der Waals surface area contributed by atoms with Crippen LogP contribution in [-0.2, 0) is 6.18 Å². The molecule has 0 aliphatic heterocycles. The van der Waals surface area contributed by atoms with Gasteiger partial charge in [-0.2, -0.15) is 13.2 Å². The third-order valence-electron chi connectivity index (χ3n) is 4.33. The number of rotatable bonds is 3. The van der Waals surface area contributed by atoms with Crippen molar-refractivity contribution in [2.75, 3.05) is 0 Å². The summed E-state index contributed by atoms with van der Waals surface area (Å²) in [6.45, 7) is 0. The number of hydrogen-bond acceptors (Lipinski definition) is 2. The minimum absolute atomic E-state index is 0.166. The molecule has 0 saturated heterocycles. The van der Waals surface area contributed by atoms with Gasteiger partial charge in [0.05, 0.1) is 16.3 Å². The van der Waals surface area contributed by atoms with Gasteiger partial charge in [0.15, 0.2) is 0 Å². The number of halogens is 6. The molecule has 1 heterocycles. The predicted octanol–water partition coefficient (Wildman–Crippen LogP) is 4.71. The minimum Gasteiger partial charge on any atom is -0.348 e. The summed E-state index contributed by atoms with van der Waals surface area (Å²) in [5.41, 5.74) is -1.46. The monoisotopic (exact) mass is 390 g/mol. The molecule has 9 heteroatoms. The molecule has 1 aromatic heterocycles. The molecular formula is C17H12ClF5N2O. The fraction of sp³-hybridized carbons (Fsp3) is 0.294. The van der Waals surface area contributed by atoms with E-state index in [4.69, 9.17) is 11.6 Å². The van der Waals surface area contributed by atoms with Crippen LogP contribution in [-0.4, -0.2) is 16.9 Å². The van der Waals surface area contributed by atoms with Crippen LogP contribution in [0.1, 0.15) is 40.4 Å². The lowest BCUT2D eigenvalue weighted by atomic mass is 9.77. The summed E-state index contributed by atoms with van der Waals surface area (Å²) >= 11 is 5.92. The molecule has 1 amide bonds. The molecule has 1 N–H and O–H groups in total. The Kier molecular flexibility index (Phi) is 4.88. The zero-order valence-corrected chi connectivity index (χ0v) is 13.8. The molecule has 138 valence electrons. The molecule has 1 aromatic carbocycles. The first-order chi connectivity index (χ1) is 12.2. The fourth-order valence-corrected chi connectivity index (χ4v) is 3.14. The van der Waals surface area contributed by atoms with E-state index in [-0.39, 0.29) is 10.7 Å². The zero-order chi connectivity index (χ0) is 19.1. The van der Waals surface area contributed by atoms with Gasteiger partial charge in [0.2, 0.25) is 0 Å². The number of aromatic nitrogens is 1. The molecule has 2 aromatic rings. The van der Waals surface area contributed by atoms with Gasteiger partial charge in [0, 0.05) is 18.2 Å². The van der Waals surface area contributed by atoms with Gasteiger partial charge in [-0.3, -0.25) is 9.78 Å². The van der Waals surface area contributed by atoms with E-state index in [1.807, 2.05) is 0 Å². The smallest absolute Gasteiger partial charge is 0.348 e. The Morgan fingerprint density at radius 1 is 1.19 bits per heavy atom. The lowest BCUT2D eigenvalue weighted by molar-refractivity contribution is -0.137. The summed E-state index contributed by atoms with van der Waals surface area (Å²) in [6.07, 6.45) is -2.87. The minimum atomic E-state index is -4.56. The highest BCUT2D eigenvalue weighted by Crippen LogP contribution is 2.41. The third kappa shape index (κ3) is 3.51. The summed E-state index contributed by atoms with van der Waals surface area (Å²) < 4.78 is 65.4. The summed E-state index contributed by atoms with van der Waals surface area (Å²) in [4.78, 5) is 15.9. The van der Waals surface area contributed by atoms with Crippen molar-refractivity contribution in [2.24, 2.45) is 0 Å². The lowest BCUT2D eigenvalue weighted by Gasteiger charge is -2.37. The second-order valence-corrected chi connectivity index (χ2v) is 6.36. The predicted molar refractivity (Wildman–Crippen MR) is 83.8 cm³/mol. The molecule has 0 bridgehead atoms. The maximum absolute atomic E-state index is 13.7. The molecule has 2 atom stereocenters. The van der Waals surface area contributed by atoms with Gasteiger partial charge in [-0.15, -0.1) is 0 Å². The van der Waals surface area contributed by atoms with Gasteiger partial charge in [0.1, 0.15) is 17.2 Å². The summed E-state index contributed by atoms with van der Waals surface area (Å²) in [6, 6.07) is 3.31. The van der Waals surface area contributed by atoms with Crippen molar-refractivity contribution in [3.63, 3.8) is 0 Å². The Labute approximate surface area is 150 Å². The van der Waals surface area contributed by atoms with Gasteiger partial charge in [0.25, 0.3) is 5.91 Å². The third-order valence-corrected chi connectivity index (χ3v) is 4.63. The largest absolute Gasteiger partial charge is 0.417 e. The van der Waals surface area contributed by atoms with Gasteiger partial charge in [-0.25, -0.2) is 8.78 Å². The highest BCUT2D eigenvalue weighted by molar-refractivity contribution is 6.31. The molecule has 0 spiro atoms. The van der Waals surface area contributed by atoms with Gasteiger partial charge >= 0.3 is 6.18 Å². The highest BCUT2D eigenvalue weighted by Gasteiger charge is 2.38. The molecule has 26 heavy (non-hydrogen) atoms. The maximum atomic E-state index is 13.7. The average molecular weight is 391 g/mol. The van der Waals surface area contributed by atoms with Crippen molar-refractivity contribution < 1.29 is 26.7 Å². The molecule has 3 nitrogen and oxygen atoms in total. The van der Waals surface area contributed by atoms with E-state index in [2.05, 4.69) is 10.3 Å². The first-order valence-electron chi connectivity index (χ1n) is 7.66. The normalized spacial score (nSPS) is 19.8. The second-order valence-electron chi connectivity index (χ2n) is 5.95. The van der Waals surface area contributed by atoms with Crippen LogP contribution < -0.4 is 5.32 Å². The Bertz CT molecular complexity index is 835. The Morgan fingerprint density at radius 2 is 1.85 bits per heavy atom. The fourth-order valence-electron chi connectivity index (χ4n) is 2.83. The Morgan fingerprint density at radius 3 is 2.35 bits per heavy atom. The van der Waals surface area contributed by atoms with E-state index >= 15 is 0 Å². The molecule has 1 aliphatic rings. The van der Waals surface area contributed by atoms with Crippen molar-refractivity contribution in [1.82, 2.24) is 10.3 Å². The van der Waals surface area contributed by atoms with E-state index in [1.54, 1.807) is 0 Å². The molecule has 1 aliphatic carbocycles. The first-order valence-corrected chi connectivity index (χ1v) is 8.04. The van der Waals surface area contributed by atoms with Crippen LogP contribution in [0.2, 0.25) is 5.02 Å². The van der Waals surface area contributed by atoms with Crippen molar-refractivity contribution >= 4 is 17.5 Å². The number of amides is 1. The van der Waals surface area contributed by atoms with Crippen molar-refractivity contribution in [3.05, 3.63) is 63.9 Å². The number of carbonyl (C=O) groups is 1. The lowest BCUT2D eigenvalue weighted by Crippen LogP contribution is -2.46. The Balaban J connectivity index is 1.77. The van der Waals surface area contributed by atoms with Gasteiger partial charge in [-0.1, -0.05) is 17.7 Å². The Hall–Kier alpha value is -2.22. The van der Waals surface area contributed by atoms with Crippen LogP contribution in [0, 0.1) is 11.6 Å². The van der Waals surface area contributed by atoms with Crippen molar-refractivity contribution in [1.29, 1.82) is 0 Å². The number of carbonyl (C=O) groups excluding carboxylic acids is 1. The van der Waals surface area contributed by atoms with Crippen LogP contribution in [0.3, 0.4) is 0 Å². The van der Waals surface area contributed by atoms with Crippen LogP contribution in [0.25, 0.3) is 0 Å². The molecule has 0 radical (unpaired) electrons. The molecule has 3 rings (SSSR count). The van der Waals surface area contributed by atoms with E-state index in [9.17, 15) is 26.7 Å². The molecular weight excluding hydrogens is 379 g/mol. The standard InChI is InChI=1S/C17H12ClF5N2O/c18-10-6-8(17(21,22)23)7-24-15(10)9-4-5-13(9)25-16(26)14-11(19)2-1-3-12(14)20/h1-3,6-7,9,13H,4-5H2,(H,25,26)/t9?,13-/m1/s1. The van der Waals surface area contributed by atoms with Gasteiger partial charge in [-0.05, 0) is 31.0 Å². The van der Waals surface area contributed by atoms with E-state index < -0.39 is 46.8 Å². The summed E-state index contributed by atoms with van der Waals surface area (Å²) in [5, 5.41) is 2.33. The van der Waals surface area contributed by atoms with E-state index in [0.29, 0.717) is 19.0 Å². The van der Waals surface area contributed by atoms with Crippen LogP contribution >= 0.6 is 11.6 Å². The van der Waals surface area contributed by atoms with E-state index in [1.165, 1.54) is 0 Å². The number of nitrogens with one attached hydrogen (secondary N) is 1. The molecule has 1 fully saturated rings. The number of pyridine rings is 1. The van der Waals surface area contributed by atoms with Crippen molar-refractivity contribution in [3.8, 4) is 0 Å². The number of alkyl halides is 3. The topological polar surface area (TPSA) is 42.0 Å². The summed E-state index contributed by atoms with van der Waals surface area (Å²) in [5.74, 6) is -3.35. The first kappa shape index (κ1) is 18.6. The number of hydrogen-bond donors (Lipinski definition) is 1. The number of benzene rings is 1. The maximum Gasteiger partial charge on any atom is 0.417 e. The zero-order valence-electron chi connectivity index (χ0n) is 13.1. The van der Waals surface area contributed by atoms with Crippen LogP contribution in [0.4, 0.5) is 22.0 Å². The molecule has 1 unspecified atom stereocenters. The number of nitrogens with zero attached hydrogens (tertiary/aromatic N) is 1.